The number of nitrogens with one attached hydrogen (secondary N) is 1. The van der Waals surface area contributed by atoms with Crippen LogP contribution in [0.25, 0.3) is 0 Å². The van der Waals surface area contributed by atoms with E-state index in [1.165, 1.54) is 17.8 Å². The zero-order valence-corrected chi connectivity index (χ0v) is 10.3. The third kappa shape index (κ3) is 2.72. The number of carboxylic acid groups (broad SMARTS) is 1. The Morgan fingerprint density at radius 3 is 3.00 bits per heavy atom. The first-order valence-corrected chi connectivity index (χ1v) is 6.25. The van der Waals surface area contributed by atoms with Gasteiger partial charge in [-0.15, -0.1) is 11.3 Å². The molecule has 88 valence electrons. The summed E-state index contributed by atoms with van der Waals surface area (Å²) in [5.74, 6) is -0.112. The third-order valence-electron chi connectivity index (χ3n) is 3.10. The summed E-state index contributed by atoms with van der Waals surface area (Å²) < 4.78 is 0. The lowest BCUT2D eigenvalue weighted by Crippen LogP contribution is -2.07. The quantitative estimate of drug-likeness (QED) is 0.828. The highest BCUT2D eigenvalue weighted by atomic mass is 32.1. The van der Waals surface area contributed by atoms with E-state index in [-0.39, 0.29) is 6.42 Å². The lowest BCUT2D eigenvalue weighted by Gasteiger charge is -2.03. The van der Waals surface area contributed by atoms with E-state index < -0.39 is 5.97 Å². The molecule has 0 aliphatic heterocycles. The Morgan fingerprint density at radius 1 is 1.75 bits per heavy atom. The highest BCUT2D eigenvalue weighted by Gasteiger charge is 2.45. The molecule has 1 aromatic rings. The van der Waals surface area contributed by atoms with Crippen LogP contribution >= 0.6 is 11.3 Å². The molecule has 1 aliphatic rings. The Kier molecular flexibility index (Phi) is 2.88. The second-order valence-corrected chi connectivity index (χ2v) is 5.84. The minimum absolute atomic E-state index is 0.00705. The maximum absolute atomic E-state index is 10.5. The molecular weight excluding hydrogens is 224 g/mol. The molecular formula is C11H16N2O2S. The lowest BCUT2D eigenvalue weighted by molar-refractivity contribution is -0.136. The summed E-state index contributed by atoms with van der Waals surface area (Å²) in [5, 5.41) is 14.5. The Labute approximate surface area is 98.7 Å². The lowest BCUT2D eigenvalue weighted by atomic mass is 10.1. The number of nitrogens with zero attached hydrogens (tertiary/aromatic N) is 1. The Balaban J connectivity index is 1.82. The molecule has 4 nitrogen and oxygen atoms in total. The third-order valence-corrected chi connectivity index (χ3v) is 3.95. The zero-order valence-electron chi connectivity index (χ0n) is 9.49. The van der Waals surface area contributed by atoms with E-state index in [2.05, 4.69) is 24.1 Å². The molecule has 16 heavy (non-hydrogen) atoms. The summed E-state index contributed by atoms with van der Waals surface area (Å²) in [5.41, 5.74) is 1.10. The number of carbonyl (C=O) groups is 1. The summed E-state index contributed by atoms with van der Waals surface area (Å²) in [6.07, 6.45) is 1.26. The number of carboxylic acids is 1. The summed E-state index contributed by atoms with van der Waals surface area (Å²) in [4.78, 5) is 14.7. The Morgan fingerprint density at radius 2 is 2.44 bits per heavy atom. The zero-order chi connectivity index (χ0) is 11.8. The Bertz CT molecular complexity index is 400. The fourth-order valence-electron chi connectivity index (χ4n) is 1.76. The highest BCUT2D eigenvalue weighted by molar-refractivity contribution is 7.13. The monoisotopic (exact) mass is 240 g/mol. The van der Waals surface area contributed by atoms with Crippen molar-refractivity contribution in [1.29, 1.82) is 0 Å². The molecule has 0 spiro atoms. The van der Waals surface area contributed by atoms with Gasteiger partial charge in [0.15, 0.2) is 5.13 Å². The number of hydrogen-bond acceptors (Lipinski definition) is 4. The van der Waals surface area contributed by atoms with E-state index >= 15 is 0 Å². The first kappa shape index (κ1) is 11.4. The number of hydrogen-bond donors (Lipinski definition) is 2. The van der Waals surface area contributed by atoms with Crippen LogP contribution in [0.2, 0.25) is 0 Å². The fourth-order valence-corrected chi connectivity index (χ4v) is 2.48. The molecule has 2 N–H and O–H groups in total. The predicted molar refractivity (Wildman–Crippen MR) is 63.8 cm³/mol. The van der Waals surface area contributed by atoms with Gasteiger partial charge in [-0.05, 0) is 17.8 Å². The van der Waals surface area contributed by atoms with E-state index in [4.69, 9.17) is 5.11 Å². The number of aliphatic carboxylic acids is 1. The maximum Gasteiger partial charge on any atom is 0.309 e. The molecule has 1 unspecified atom stereocenters. The smallest absolute Gasteiger partial charge is 0.309 e. The second-order valence-electron chi connectivity index (χ2n) is 4.99. The molecule has 0 saturated heterocycles. The van der Waals surface area contributed by atoms with E-state index in [0.29, 0.717) is 11.1 Å². The van der Waals surface area contributed by atoms with Crippen molar-refractivity contribution in [2.45, 2.75) is 26.7 Å². The fraction of sp³-hybridized carbons (Fsp3) is 0.636. The molecule has 1 aromatic heterocycles. The van der Waals surface area contributed by atoms with Crippen LogP contribution in [0.3, 0.4) is 0 Å². The minimum Gasteiger partial charge on any atom is -0.481 e. The van der Waals surface area contributed by atoms with Crippen LogP contribution in [0, 0.1) is 11.3 Å². The van der Waals surface area contributed by atoms with Gasteiger partial charge in [0.25, 0.3) is 0 Å². The maximum atomic E-state index is 10.5. The summed E-state index contributed by atoms with van der Waals surface area (Å²) in [6, 6.07) is 0. The Hall–Kier alpha value is -1.10. The molecule has 0 radical (unpaired) electrons. The number of aromatic nitrogens is 1. The summed E-state index contributed by atoms with van der Waals surface area (Å²) in [7, 11) is 0. The average molecular weight is 240 g/mol. The first-order valence-electron chi connectivity index (χ1n) is 5.37. The average Bonchev–Trinajstić information content (AvgIpc) is 2.58. The van der Waals surface area contributed by atoms with Gasteiger partial charge in [-0.25, -0.2) is 4.98 Å². The SMILES string of the molecule is CC1(C)CC1CNc1nc(CC(=O)O)cs1. The molecule has 5 heteroatoms. The van der Waals surface area contributed by atoms with Gasteiger partial charge < -0.3 is 10.4 Å². The van der Waals surface area contributed by atoms with Crippen molar-refractivity contribution in [3.8, 4) is 0 Å². The molecule has 2 rings (SSSR count). The summed E-state index contributed by atoms with van der Waals surface area (Å²) in [6.45, 7) is 5.46. The van der Waals surface area contributed by atoms with Gasteiger partial charge in [0.1, 0.15) is 0 Å². The van der Waals surface area contributed by atoms with Gasteiger partial charge in [-0.1, -0.05) is 13.8 Å². The van der Waals surface area contributed by atoms with Crippen molar-refractivity contribution in [3.05, 3.63) is 11.1 Å². The predicted octanol–water partition coefficient (Wildman–Crippen LogP) is 2.23. The van der Waals surface area contributed by atoms with Crippen molar-refractivity contribution in [2.24, 2.45) is 11.3 Å². The van der Waals surface area contributed by atoms with Crippen LogP contribution < -0.4 is 5.32 Å². The van der Waals surface area contributed by atoms with E-state index in [0.717, 1.165) is 17.6 Å². The van der Waals surface area contributed by atoms with Crippen molar-refractivity contribution < 1.29 is 9.90 Å². The first-order chi connectivity index (χ1) is 7.47. The van der Waals surface area contributed by atoms with Crippen molar-refractivity contribution in [3.63, 3.8) is 0 Å². The van der Waals surface area contributed by atoms with Crippen molar-refractivity contribution in [1.82, 2.24) is 4.98 Å². The molecule has 0 amide bonds. The van der Waals surface area contributed by atoms with Crippen molar-refractivity contribution >= 4 is 22.4 Å². The van der Waals surface area contributed by atoms with Crippen LogP contribution in [0.4, 0.5) is 5.13 Å². The molecule has 1 aliphatic carbocycles. The molecule has 0 bridgehead atoms. The number of rotatable bonds is 5. The largest absolute Gasteiger partial charge is 0.481 e. The molecule has 1 saturated carbocycles. The van der Waals surface area contributed by atoms with E-state index in [1.54, 1.807) is 5.38 Å². The second kappa shape index (κ2) is 4.05. The minimum atomic E-state index is -0.833. The topological polar surface area (TPSA) is 62.2 Å². The highest BCUT2D eigenvalue weighted by Crippen LogP contribution is 2.51. The van der Waals surface area contributed by atoms with Crippen LogP contribution in [-0.4, -0.2) is 22.6 Å². The number of anilines is 1. The standard InChI is InChI=1S/C11H16N2O2S/c1-11(2)4-7(11)5-12-10-13-8(6-16-10)3-9(14)15/h6-7H,3-5H2,1-2H3,(H,12,13)(H,14,15). The van der Waals surface area contributed by atoms with Crippen LogP contribution in [0.1, 0.15) is 26.0 Å². The van der Waals surface area contributed by atoms with Gasteiger partial charge in [0, 0.05) is 11.9 Å². The van der Waals surface area contributed by atoms with Gasteiger partial charge in [-0.3, -0.25) is 4.79 Å². The van der Waals surface area contributed by atoms with Crippen molar-refractivity contribution in [2.75, 3.05) is 11.9 Å². The van der Waals surface area contributed by atoms with E-state index in [1.807, 2.05) is 0 Å². The van der Waals surface area contributed by atoms with Gasteiger partial charge in [-0.2, -0.15) is 0 Å². The normalized spacial score (nSPS) is 21.8. The number of thiazole rings is 1. The van der Waals surface area contributed by atoms with Crippen LogP contribution in [-0.2, 0) is 11.2 Å². The molecule has 1 atom stereocenters. The molecule has 1 fully saturated rings. The van der Waals surface area contributed by atoms with Gasteiger partial charge in [0.05, 0.1) is 12.1 Å². The van der Waals surface area contributed by atoms with Crippen LogP contribution in [0.15, 0.2) is 5.38 Å². The van der Waals surface area contributed by atoms with Gasteiger partial charge in [0.2, 0.25) is 0 Å². The summed E-state index contributed by atoms with van der Waals surface area (Å²) >= 11 is 1.48. The van der Waals surface area contributed by atoms with E-state index in [9.17, 15) is 4.79 Å². The molecule has 1 heterocycles. The van der Waals surface area contributed by atoms with Gasteiger partial charge >= 0.3 is 5.97 Å². The van der Waals surface area contributed by atoms with Crippen LogP contribution in [0.5, 0.6) is 0 Å². The molecule has 0 aromatic carbocycles.